The Balaban J connectivity index is 1.19. The van der Waals surface area contributed by atoms with Crippen molar-refractivity contribution in [3.05, 3.63) is 205 Å². The number of anilines is 6. The first-order valence-corrected chi connectivity index (χ1v) is 23.3. The molecule has 70 heavy (non-hydrogen) atoms. The zero-order valence-electron chi connectivity index (χ0n) is 39.0. The van der Waals surface area contributed by atoms with E-state index >= 15 is 0 Å². The average molecular weight is 911 g/mol. The highest BCUT2D eigenvalue weighted by Gasteiger charge is 2.41. The Bertz CT molecular complexity index is 3390. The van der Waals surface area contributed by atoms with E-state index in [1.54, 1.807) is 0 Å². The van der Waals surface area contributed by atoms with E-state index in [4.69, 9.17) is 14.2 Å². The molecule has 9 aromatic rings. The fraction of sp³-hybridized carbons (Fsp3) is 0.0968. The fourth-order valence-electron chi connectivity index (χ4n) is 9.16. The number of ether oxygens (including phenoxy) is 3. The van der Waals surface area contributed by atoms with Gasteiger partial charge in [-0.25, -0.2) is 0 Å². The van der Waals surface area contributed by atoms with Gasteiger partial charge < -0.3 is 19.3 Å². The Labute approximate surface area is 407 Å². The quantitative estimate of drug-likeness (QED) is 0.153. The summed E-state index contributed by atoms with van der Waals surface area (Å²) >= 11 is 0. The van der Waals surface area contributed by atoms with Crippen molar-refractivity contribution in [2.24, 2.45) is 5.92 Å². The number of hydrogen-bond donors (Lipinski definition) is 1. The molecule has 338 valence electrons. The Kier molecular flexibility index (Phi) is 10.8. The van der Waals surface area contributed by atoms with E-state index in [2.05, 4.69) is 12.1 Å². The lowest BCUT2D eigenvalue weighted by molar-refractivity contribution is 0.0577. The summed E-state index contributed by atoms with van der Waals surface area (Å²) in [6, 6.07) is 68.6. The van der Waals surface area contributed by atoms with Gasteiger partial charge in [0.25, 0.3) is 0 Å². The molecule has 2 aliphatic rings. The van der Waals surface area contributed by atoms with Gasteiger partial charge in [0.15, 0.2) is 34.5 Å². The topological polar surface area (TPSA) is 102 Å². The first-order chi connectivity index (χ1) is 34.1. The Morgan fingerprint density at radius 1 is 0.443 bits per heavy atom. The van der Waals surface area contributed by atoms with Gasteiger partial charge in [-0.1, -0.05) is 159 Å². The van der Waals surface area contributed by atoms with Crippen molar-refractivity contribution >= 4 is 34.1 Å². The summed E-state index contributed by atoms with van der Waals surface area (Å²) in [5.41, 5.74) is 9.26. The van der Waals surface area contributed by atoms with Crippen LogP contribution in [0.2, 0.25) is 0 Å². The predicted octanol–water partition coefficient (Wildman–Crippen LogP) is 16.8. The number of benzene rings is 9. The molecule has 0 fully saturated rings. The van der Waals surface area contributed by atoms with Crippen LogP contribution in [-0.4, -0.2) is 10.7 Å². The lowest BCUT2D eigenvalue weighted by Crippen LogP contribution is -2.35. The molecular formula is C62H46N4O4. The minimum Gasteiger partial charge on any atom is -0.503 e. The fourth-order valence-corrected chi connectivity index (χ4v) is 9.16. The van der Waals surface area contributed by atoms with Crippen LogP contribution in [0, 0.1) is 28.6 Å². The number of hydrogen-bond acceptors (Lipinski definition) is 8. The molecule has 0 saturated heterocycles. The van der Waals surface area contributed by atoms with Crippen LogP contribution in [0.5, 0.6) is 34.5 Å². The molecule has 0 saturated carbocycles. The highest BCUT2D eigenvalue weighted by molar-refractivity contribution is 6.01. The van der Waals surface area contributed by atoms with Gasteiger partial charge in [-0.3, -0.25) is 9.80 Å². The molecule has 0 aliphatic carbocycles. The molecule has 2 aliphatic heterocycles. The number of fused-ring (bicyclic) bond motifs is 4. The highest BCUT2D eigenvalue weighted by Crippen LogP contribution is 2.62. The molecule has 9 aromatic carbocycles. The van der Waals surface area contributed by atoms with Crippen molar-refractivity contribution in [3.63, 3.8) is 0 Å². The normalized spacial score (nSPS) is 12.3. The number of aromatic hydroxyl groups is 1. The number of rotatable bonds is 9. The van der Waals surface area contributed by atoms with Crippen molar-refractivity contribution in [2.75, 3.05) is 9.80 Å². The summed E-state index contributed by atoms with van der Waals surface area (Å²) in [6.07, 6.45) is 0. The van der Waals surface area contributed by atoms with Crippen LogP contribution in [0.3, 0.4) is 0 Å². The smallest absolute Gasteiger partial charge is 0.189 e. The van der Waals surface area contributed by atoms with Gasteiger partial charge in [0.05, 0.1) is 22.7 Å². The lowest BCUT2D eigenvalue weighted by Gasteiger charge is -2.39. The van der Waals surface area contributed by atoms with Gasteiger partial charge in [0.1, 0.15) is 40.2 Å². The van der Waals surface area contributed by atoms with Crippen molar-refractivity contribution in [1.29, 1.82) is 10.5 Å². The Hall–Kier alpha value is -9.24. The monoisotopic (exact) mass is 910 g/mol. The summed E-state index contributed by atoms with van der Waals surface area (Å²) in [6.45, 7) is 8.01. The maximum absolute atomic E-state index is 13.4. The van der Waals surface area contributed by atoms with Gasteiger partial charge in [-0.2, -0.15) is 10.5 Å². The predicted molar refractivity (Wildman–Crippen MR) is 278 cm³/mol. The second-order valence-corrected chi connectivity index (χ2v) is 18.3. The molecule has 8 nitrogen and oxygen atoms in total. The van der Waals surface area contributed by atoms with E-state index < -0.39 is 5.60 Å². The number of nitriles is 2. The summed E-state index contributed by atoms with van der Waals surface area (Å²) in [5, 5.41) is 36.6. The first-order valence-electron chi connectivity index (χ1n) is 23.3. The van der Waals surface area contributed by atoms with Crippen molar-refractivity contribution in [3.8, 4) is 91.1 Å². The van der Waals surface area contributed by atoms with Crippen LogP contribution in [0.1, 0.15) is 38.8 Å². The third kappa shape index (κ3) is 7.49. The molecule has 0 unspecified atom stereocenters. The standard InChI is InChI=1S/C62H46N4O4/c1-39(2)62(3,4)70-61-59(66-52-31-27-46(42-21-13-7-14-22-42)35-56(52)69-57-36-47(28-32-53(57)66)43-23-15-8-16-24-43)49(38-64)48(37-63)58(60(61)67)65-50-29-25-44(40-17-9-5-10-18-40)33-54(50)68-55-34-45(26-30-51(55)65)41-19-11-6-12-20-41/h5-36,39,67H,1-4H3. The number of phenols is 1. The molecular weight excluding hydrogens is 865 g/mol. The minimum absolute atomic E-state index is 0.000619. The van der Waals surface area contributed by atoms with Gasteiger partial charge in [0, 0.05) is 0 Å². The van der Waals surface area contributed by atoms with Crippen molar-refractivity contribution in [1.82, 2.24) is 0 Å². The number of phenolic OH excluding ortho intramolecular Hbond substituents is 1. The first kappa shape index (κ1) is 43.3. The van der Waals surface area contributed by atoms with Crippen LogP contribution >= 0.6 is 0 Å². The van der Waals surface area contributed by atoms with E-state index in [0.29, 0.717) is 45.7 Å². The molecule has 1 N–H and O–H groups in total. The van der Waals surface area contributed by atoms with Gasteiger partial charge >= 0.3 is 0 Å². The van der Waals surface area contributed by atoms with E-state index in [1.807, 2.05) is 232 Å². The second kappa shape index (κ2) is 17.4. The largest absolute Gasteiger partial charge is 0.503 e. The lowest BCUT2D eigenvalue weighted by atomic mass is 9.93. The SMILES string of the molecule is CC(C)C(C)(C)Oc1c(O)c(N2c3ccc(-c4ccccc4)cc3Oc3cc(-c4ccccc4)ccc32)c(C#N)c(C#N)c1N1c2ccc(-c3ccccc3)cc2Oc2cc(-c3ccccc3)ccc21. The van der Waals surface area contributed by atoms with E-state index in [9.17, 15) is 15.6 Å². The molecule has 0 aromatic heterocycles. The zero-order valence-corrected chi connectivity index (χ0v) is 39.0. The molecule has 0 spiro atoms. The third-order valence-electron chi connectivity index (χ3n) is 13.5. The second-order valence-electron chi connectivity index (χ2n) is 18.3. The zero-order chi connectivity index (χ0) is 48.1. The number of nitrogens with zero attached hydrogens (tertiary/aromatic N) is 4. The van der Waals surface area contributed by atoms with Gasteiger partial charge in [-0.05, 0) is 113 Å². The Morgan fingerprint density at radius 3 is 1.04 bits per heavy atom. The van der Waals surface area contributed by atoms with Gasteiger partial charge in [0.2, 0.25) is 0 Å². The van der Waals surface area contributed by atoms with Crippen molar-refractivity contribution in [2.45, 2.75) is 33.3 Å². The minimum atomic E-state index is -0.896. The van der Waals surface area contributed by atoms with E-state index in [0.717, 1.165) is 44.5 Å². The molecule has 0 radical (unpaired) electrons. The summed E-state index contributed by atoms with van der Waals surface area (Å²) in [7, 11) is 0. The molecule has 8 heteroatoms. The highest BCUT2D eigenvalue weighted by atomic mass is 16.5. The molecule has 0 amide bonds. The molecule has 0 atom stereocenters. The van der Waals surface area contributed by atoms with E-state index in [-0.39, 0.29) is 39.9 Å². The maximum atomic E-state index is 13.4. The van der Waals surface area contributed by atoms with Crippen LogP contribution in [0.4, 0.5) is 34.1 Å². The molecule has 11 rings (SSSR count). The van der Waals surface area contributed by atoms with Crippen LogP contribution in [-0.2, 0) is 0 Å². The summed E-state index contributed by atoms with van der Waals surface area (Å²) in [4.78, 5) is 3.72. The summed E-state index contributed by atoms with van der Waals surface area (Å²) < 4.78 is 20.8. The van der Waals surface area contributed by atoms with Crippen LogP contribution in [0.15, 0.2) is 194 Å². The molecule has 0 bridgehead atoms. The van der Waals surface area contributed by atoms with Gasteiger partial charge in [-0.15, -0.1) is 0 Å². The maximum Gasteiger partial charge on any atom is 0.189 e. The van der Waals surface area contributed by atoms with Crippen LogP contribution < -0.4 is 24.0 Å². The summed E-state index contributed by atoms with van der Waals surface area (Å²) in [5.74, 6) is 1.65. The Morgan fingerprint density at radius 2 is 0.743 bits per heavy atom. The van der Waals surface area contributed by atoms with E-state index in [1.165, 1.54) is 0 Å². The van der Waals surface area contributed by atoms with Crippen molar-refractivity contribution < 1.29 is 19.3 Å². The average Bonchev–Trinajstić information content (AvgIpc) is 3.40. The third-order valence-corrected chi connectivity index (χ3v) is 13.5. The van der Waals surface area contributed by atoms with Crippen LogP contribution in [0.25, 0.3) is 44.5 Å². The molecule has 2 heterocycles.